The highest BCUT2D eigenvalue weighted by molar-refractivity contribution is 6.09. The Morgan fingerprint density at radius 3 is 2.68 bits per heavy atom. The Morgan fingerprint density at radius 1 is 1.32 bits per heavy atom. The Kier molecular flexibility index (Phi) is 3.55. The average Bonchev–Trinajstić information content (AvgIpc) is 2.73. The second-order valence-electron chi connectivity index (χ2n) is 4.33. The third-order valence-corrected chi connectivity index (χ3v) is 3.05. The standard InChI is InChI=1S/C14H15NO4/c1-15-8-10(11(16)6-7-13(17)18)9-4-3-5-12(19-2)14(9)15/h3-5,8H,6-7H2,1-2H3,(H,17,18). The smallest absolute Gasteiger partial charge is 0.303 e. The van der Waals surface area contributed by atoms with Crippen molar-refractivity contribution in [2.75, 3.05) is 7.11 Å². The molecule has 5 heteroatoms. The second kappa shape index (κ2) is 5.14. The SMILES string of the molecule is COc1cccc2c(C(=O)CCC(=O)O)cn(C)c12. The number of carbonyl (C=O) groups is 2. The number of carboxylic acids is 1. The third kappa shape index (κ3) is 2.45. The van der Waals surface area contributed by atoms with Gasteiger partial charge in [-0.1, -0.05) is 12.1 Å². The Balaban J connectivity index is 2.45. The summed E-state index contributed by atoms with van der Waals surface area (Å²) in [5.74, 6) is -0.440. The lowest BCUT2D eigenvalue weighted by Gasteiger charge is -2.03. The number of para-hydroxylation sites is 1. The fourth-order valence-corrected chi connectivity index (χ4v) is 2.17. The van der Waals surface area contributed by atoms with E-state index in [1.54, 1.807) is 13.3 Å². The summed E-state index contributed by atoms with van der Waals surface area (Å²) in [4.78, 5) is 22.6. The molecule has 0 fully saturated rings. The number of hydrogen-bond acceptors (Lipinski definition) is 3. The van der Waals surface area contributed by atoms with Crippen LogP contribution in [-0.2, 0) is 11.8 Å². The van der Waals surface area contributed by atoms with E-state index in [9.17, 15) is 9.59 Å². The van der Waals surface area contributed by atoms with Crippen LogP contribution in [0, 0.1) is 0 Å². The van der Waals surface area contributed by atoms with Gasteiger partial charge in [-0.05, 0) is 6.07 Å². The molecule has 5 nitrogen and oxygen atoms in total. The van der Waals surface area contributed by atoms with Crippen LogP contribution in [-0.4, -0.2) is 28.5 Å². The number of carbonyl (C=O) groups excluding carboxylic acids is 1. The number of aliphatic carboxylic acids is 1. The number of nitrogens with zero attached hydrogens (tertiary/aromatic N) is 1. The van der Waals surface area contributed by atoms with Gasteiger partial charge in [0.15, 0.2) is 5.78 Å². The molecule has 0 saturated carbocycles. The third-order valence-electron chi connectivity index (χ3n) is 3.05. The lowest BCUT2D eigenvalue weighted by Crippen LogP contribution is -2.03. The zero-order chi connectivity index (χ0) is 14.0. The van der Waals surface area contributed by atoms with Crippen molar-refractivity contribution < 1.29 is 19.4 Å². The maximum atomic E-state index is 12.1. The van der Waals surface area contributed by atoms with E-state index in [0.717, 1.165) is 10.9 Å². The number of fused-ring (bicyclic) bond motifs is 1. The molecule has 1 aromatic carbocycles. The molecule has 0 amide bonds. The molecule has 0 radical (unpaired) electrons. The maximum Gasteiger partial charge on any atom is 0.303 e. The molecule has 0 saturated heterocycles. The molecule has 0 aliphatic rings. The van der Waals surface area contributed by atoms with Crippen LogP contribution >= 0.6 is 0 Å². The molecule has 100 valence electrons. The first kappa shape index (κ1) is 13.1. The molecule has 2 aromatic rings. The van der Waals surface area contributed by atoms with Crippen LogP contribution in [0.2, 0.25) is 0 Å². The van der Waals surface area contributed by atoms with E-state index in [2.05, 4.69) is 0 Å². The lowest BCUT2D eigenvalue weighted by atomic mass is 10.1. The summed E-state index contributed by atoms with van der Waals surface area (Å²) in [5.41, 5.74) is 1.38. The topological polar surface area (TPSA) is 68.5 Å². The number of aromatic nitrogens is 1. The van der Waals surface area contributed by atoms with Crippen molar-refractivity contribution in [3.63, 3.8) is 0 Å². The van der Waals surface area contributed by atoms with Crippen LogP contribution in [0.3, 0.4) is 0 Å². The zero-order valence-electron chi connectivity index (χ0n) is 10.8. The highest BCUT2D eigenvalue weighted by Gasteiger charge is 2.17. The molecule has 0 aliphatic heterocycles. The summed E-state index contributed by atoms with van der Waals surface area (Å²) in [5, 5.41) is 9.42. The van der Waals surface area contributed by atoms with Crippen molar-refractivity contribution in [2.45, 2.75) is 12.8 Å². The summed E-state index contributed by atoms with van der Waals surface area (Å²) in [7, 11) is 3.41. The summed E-state index contributed by atoms with van der Waals surface area (Å²) in [6.45, 7) is 0. The Hall–Kier alpha value is -2.30. The van der Waals surface area contributed by atoms with Crippen LogP contribution in [0.5, 0.6) is 5.75 Å². The number of ether oxygens (including phenoxy) is 1. The predicted octanol–water partition coefficient (Wildman–Crippen LogP) is 2.23. The summed E-state index contributed by atoms with van der Waals surface area (Å²) in [6, 6.07) is 5.48. The molecule has 0 atom stereocenters. The first-order valence-corrected chi connectivity index (χ1v) is 5.91. The highest BCUT2D eigenvalue weighted by atomic mass is 16.5. The van der Waals surface area contributed by atoms with Gasteiger partial charge >= 0.3 is 5.97 Å². The predicted molar refractivity (Wildman–Crippen MR) is 70.7 cm³/mol. The number of aryl methyl sites for hydroxylation is 1. The fourth-order valence-electron chi connectivity index (χ4n) is 2.17. The Morgan fingerprint density at radius 2 is 2.05 bits per heavy atom. The normalized spacial score (nSPS) is 10.6. The lowest BCUT2D eigenvalue weighted by molar-refractivity contribution is -0.136. The van der Waals surface area contributed by atoms with Gasteiger partial charge in [0.1, 0.15) is 5.75 Å². The van der Waals surface area contributed by atoms with E-state index in [-0.39, 0.29) is 18.6 Å². The molecular formula is C14H15NO4. The van der Waals surface area contributed by atoms with Gasteiger partial charge in [0.25, 0.3) is 0 Å². The minimum atomic E-state index is -0.967. The molecule has 1 N–H and O–H groups in total. The van der Waals surface area contributed by atoms with Crippen LogP contribution in [0.4, 0.5) is 0 Å². The van der Waals surface area contributed by atoms with Crippen molar-refractivity contribution in [1.82, 2.24) is 4.57 Å². The number of Topliss-reactive ketones (excluding diaryl/α,β-unsaturated/α-hetero) is 1. The molecule has 0 bridgehead atoms. The Bertz CT molecular complexity index is 642. The molecule has 1 aromatic heterocycles. The van der Waals surface area contributed by atoms with E-state index in [1.807, 2.05) is 29.8 Å². The van der Waals surface area contributed by atoms with Gasteiger partial charge in [0.05, 0.1) is 19.0 Å². The van der Waals surface area contributed by atoms with Crippen molar-refractivity contribution >= 4 is 22.7 Å². The molecular weight excluding hydrogens is 246 g/mol. The summed E-state index contributed by atoms with van der Waals surface area (Å²) in [6.07, 6.45) is 1.57. The van der Waals surface area contributed by atoms with Crippen molar-refractivity contribution in [3.05, 3.63) is 30.0 Å². The zero-order valence-corrected chi connectivity index (χ0v) is 10.8. The van der Waals surface area contributed by atoms with E-state index < -0.39 is 5.97 Å². The molecule has 1 heterocycles. The van der Waals surface area contributed by atoms with Gasteiger partial charge in [-0.2, -0.15) is 0 Å². The second-order valence-corrected chi connectivity index (χ2v) is 4.33. The number of ketones is 1. The van der Waals surface area contributed by atoms with Gasteiger partial charge in [0.2, 0.25) is 0 Å². The number of benzene rings is 1. The van der Waals surface area contributed by atoms with Crippen molar-refractivity contribution in [3.8, 4) is 5.75 Å². The minimum absolute atomic E-state index is 0.00561. The highest BCUT2D eigenvalue weighted by Crippen LogP contribution is 2.29. The number of rotatable bonds is 5. The van der Waals surface area contributed by atoms with Crippen LogP contribution < -0.4 is 4.74 Å². The monoisotopic (exact) mass is 261 g/mol. The fraction of sp³-hybridized carbons (Fsp3) is 0.286. The van der Waals surface area contributed by atoms with E-state index in [1.165, 1.54) is 0 Å². The largest absolute Gasteiger partial charge is 0.495 e. The van der Waals surface area contributed by atoms with Gasteiger partial charge in [-0.25, -0.2) is 0 Å². The number of methoxy groups -OCH3 is 1. The first-order chi connectivity index (χ1) is 9.04. The van der Waals surface area contributed by atoms with E-state index in [0.29, 0.717) is 11.3 Å². The molecule has 0 unspecified atom stereocenters. The van der Waals surface area contributed by atoms with Crippen molar-refractivity contribution in [1.29, 1.82) is 0 Å². The first-order valence-electron chi connectivity index (χ1n) is 5.91. The van der Waals surface area contributed by atoms with Crippen LogP contribution in [0.15, 0.2) is 24.4 Å². The van der Waals surface area contributed by atoms with Gasteiger partial charge in [-0.15, -0.1) is 0 Å². The average molecular weight is 261 g/mol. The van der Waals surface area contributed by atoms with Gasteiger partial charge in [-0.3, -0.25) is 9.59 Å². The number of carboxylic acid groups (broad SMARTS) is 1. The molecule has 0 aliphatic carbocycles. The Labute approximate surface area is 110 Å². The molecule has 19 heavy (non-hydrogen) atoms. The quantitative estimate of drug-likeness (QED) is 0.838. The number of hydrogen-bond donors (Lipinski definition) is 1. The van der Waals surface area contributed by atoms with Crippen molar-refractivity contribution in [2.24, 2.45) is 7.05 Å². The van der Waals surface area contributed by atoms with Gasteiger partial charge < -0.3 is 14.4 Å². The van der Waals surface area contributed by atoms with Gasteiger partial charge in [0, 0.05) is 30.6 Å². The maximum absolute atomic E-state index is 12.1. The summed E-state index contributed by atoms with van der Waals surface area (Å²) >= 11 is 0. The van der Waals surface area contributed by atoms with E-state index >= 15 is 0 Å². The molecule has 0 spiro atoms. The van der Waals surface area contributed by atoms with Crippen LogP contribution in [0.25, 0.3) is 10.9 Å². The summed E-state index contributed by atoms with van der Waals surface area (Å²) < 4.78 is 7.09. The minimum Gasteiger partial charge on any atom is -0.495 e. The van der Waals surface area contributed by atoms with E-state index in [4.69, 9.17) is 9.84 Å². The molecule has 2 rings (SSSR count). The van der Waals surface area contributed by atoms with Crippen LogP contribution in [0.1, 0.15) is 23.2 Å².